The van der Waals surface area contributed by atoms with Crippen molar-refractivity contribution >= 4 is 11.6 Å². The van der Waals surface area contributed by atoms with Crippen LogP contribution in [0.5, 0.6) is 0 Å². The van der Waals surface area contributed by atoms with Crippen LogP contribution in [0.25, 0.3) is 11.5 Å². The normalized spacial score (nSPS) is 12.0. The molecule has 6 nitrogen and oxygen atoms in total. The maximum Gasteiger partial charge on any atom is 0.249 e. The van der Waals surface area contributed by atoms with Gasteiger partial charge in [0.15, 0.2) is 0 Å². The number of aromatic nitrogens is 2. The molecule has 1 amide bonds. The fourth-order valence-electron chi connectivity index (χ4n) is 2.51. The molecule has 0 aliphatic rings. The molecule has 128 valence electrons. The highest BCUT2D eigenvalue weighted by atomic mass is 16.4. The Labute approximate surface area is 146 Å². The van der Waals surface area contributed by atoms with Gasteiger partial charge in [-0.25, -0.2) is 0 Å². The molecule has 0 radical (unpaired) electrons. The SMILES string of the molecule is Cc1ccc(-c2nnc([C@@H](C)Nc3ccc(C)c(C(N)=O)c3)o2)cc1. The lowest BCUT2D eigenvalue weighted by molar-refractivity contribution is 0.0999. The van der Waals surface area contributed by atoms with Crippen LogP contribution in [0.1, 0.15) is 40.3 Å². The van der Waals surface area contributed by atoms with Gasteiger partial charge in [-0.3, -0.25) is 4.79 Å². The Morgan fingerprint density at radius 2 is 1.84 bits per heavy atom. The van der Waals surface area contributed by atoms with Crippen molar-refractivity contribution < 1.29 is 9.21 Å². The zero-order valence-electron chi connectivity index (χ0n) is 14.4. The summed E-state index contributed by atoms with van der Waals surface area (Å²) < 4.78 is 5.77. The van der Waals surface area contributed by atoms with Crippen LogP contribution in [-0.4, -0.2) is 16.1 Å². The summed E-state index contributed by atoms with van der Waals surface area (Å²) in [7, 11) is 0. The van der Waals surface area contributed by atoms with E-state index in [2.05, 4.69) is 15.5 Å². The molecular weight excluding hydrogens is 316 g/mol. The van der Waals surface area contributed by atoms with Crippen molar-refractivity contribution in [2.24, 2.45) is 5.73 Å². The first-order valence-corrected chi connectivity index (χ1v) is 8.01. The molecule has 3 rings (SSSR count). The van der Waals surface area contributed by atoms with E-state index in [4.69, 9.17) is 10.2 Å². The summed E-state index contributed by atoms with van der Waals surface area (Å²) in [4.78, 5) is 11.5. The standard InChI is InChI=1S/C19H20N4O2/c1-11-4-7-14(8-5-11)19-23-22-18(25-19)13(3)21-15-9-6-12(2)16(10-15)17(20)24/h4-10,13,21H,1-3H3,(H2,20,24)/t13-/m1/s1. The van der Waals surface area contributed by atoms with Gasteiger partial charge in [0.05, 0.1) is 0 Å². The Balaban J connectivity index is 1.78. The fourth-order valence-corrected chi connectivity index (χ4v) is 2.51. The second-order valence-corrected chi connectivity index (χ2v) is 6.07. The van der Waals surface area contributed by atoms with Gasteiger partial charge in [0.1, 0.15) is 6.04 Å². The van der Waals surface area contributed by atoms with E-state index in [0.29, 0.717) is 17.3 Å². The predicted molar refractivity (Wildman–Crippen MR) is 96.2 cm³/mol. The third kappa shape index (κ3) is 3.68. The molecule has 0 bridgehead atoms. The van der Waals surface area contributed by atoms with E-state index in [9.17, 15) is 4.79 Å². The number of primary amides is 1. The van der Waals surface area contributed by atoms with Crippen molar-refractivity contribution in [2.45, 2.75) is 26.8 Å². The predicted octanol–water partition coefficient (Wildman–Crippen LogP) is 3.63. The van der Waals surface area contributed by atoms with Crippen LogP contribution in [0.4, 0.5) is 5.69 Å². The molecular formula is C19H20N4O2. The first kappa shape index (κ1) is 16.7. The van der Waals surface area contributed by atoms with Gasteiger partial charge in [-0.2, -0.15) is 0 Å². The Morgan fingerprint density at radius 1 is 1.12 bits per heavy atom. The number of anilines is 1. The van der Waals surface area contributed by atoms with Gasteiger partial charge in [0.25, 0.3) is 0 Å². The summed E-state index contributed by atoms with van der Waals surface area (Å²) in [6.45, 7) is 5.78. The summed E-state index contributed by atoms with van der Waals surface area (Å²) in [5, 5.41) is 11.5. The van der Waals surface area contributed by atoms with Crippen LogP contribution in [0.3, 0.4) is 0 Å². The van der Waals surface area contributed by atoms with Gasteiger partial charge in [-0.1, -0.05) is 23.8 Å². The van der Waals surface area contributed by atoms with E-state index in [1.165, 1.54) is 5.56 Å². The lowest BCUT2D eigenvalue weighted by atomic mass is 10.1. The first-order chi connectivity index (χ1) is 11.9. The summed E-state index contributed by atoms with van der Waals surface area (Å²) >= 11 is 0. The van der Waals surface area contributed by atoms with Crippen LogP contribution in [0, 0.1) is 13.8 Å². The molecule has 0 unspecified atom stereocenters. The molecule has 1 heterocycles. The maximum atomic E-state index is 11.5. The van der Waals surface area contributed by atoms with Crippen molar-refractivity contribution in [3.63, 3.8) is 0 Å². The number of hydrogen-bond acceptors (Lipinski definition) is 5. The monoisotopic (exact) mass is 336 g/mol. The van der Waals surface area contributed by atoms with E-state index < -0.39 is 5.91 Å². The molecule has 25 heavy (non-hydrogen) atoms. The summed E-state index contributed by atoms with van der Waals surface area (Å²) in [5.74, 6) is 0.496. The number of nitrogens with one attached hydrogen (secondary N) is 1. The molecule has 6 heteroatoms. The van der Waals surface area contributed by atoms with E-state index in [-0.39, 0.29) is 6.04 Å². The Bertz CT molecular complexity index is 900. The number of benzene rings is 2. The average molecular weight is 336 g/mol. The van der Waals surface area contributed by atoms with Crippen LogP contribution < -0.4 is 11.1 Å². The Hall–Kier alpha value is -3.15. The Kier molecular flexibility index (Phi) is 4.52. The fraction of sp³-hybridized carbons (Fsp3) is 0.211. The molecule has 1 atom stereocenters. The van der Waals surface area contributed by atoms with Gasteiger partial charge in [-0.05, 0) is 50.6 Å². The highest BCUT2D eigenvalue weighted by Gasteiger charge is 2.16. The minimum atomic E-state index is -0.451. The topological polar surface area (TPSA) is 94.0 Å². The lowest BCUT2D eigenvalue weighted by Gasteiger charge is -2.13. The largest absolute Gasteiger partial charge is 0.418 e. The quantitative estimate of drug-likeness (QED) is 0.742. The number of carbonyl (C=O) groups is 1. The second-order valence-electron chi connectivity index (χ2n) is 6.07. The summed E-state index contributed by atoms with van der Waals surface area (Å²) in [6.07, 6.45) is 0. The third-order valence-corrected chi connectivity index (χ3v) is 4.00. The van der Waals surface area contributed by atoms with Crippen molar-refractivity contribution in [3.8, 4) is 11.5 Å². The second kappa shape index (κ2) is 6.76. The van der Waals surface area contributed by atoms with Gasteiger partial charge < -0.3 is 15.5 Å². The molecule has 0 fully saturated rings. The molecule has 3 N–H and O–H groups in total. The molecule has 0 saturated carbocycles. The maximum absolute atomic E-state index is 11.5. The van der Waals surface area contributed by atoms with Crippen LogP contribution in [0.15, 0.2) is 46.9 Å². The number of nitrogens with zero attached hydrogens (tertiary/aromatic N) is 2. The minimum Gasteiger partial charge on any atom is -0.418 e. The lowest BCUT2D eigenvalue weighted by Crippen LogP contribution is -2.14. The third-order valence-electron chi connectivity index (χ3n) is 4.00. The van der Waals surface area contributed by atoms with Gasteiger partial charge in [0.2, 0.25) is 17.7 Å². The number of hydrogen-bond donors (Lipinski definition) is 2. The van der Waals surface area contributed by atoms with E-state index >= 15 is 0 Å². The molecule has 0 aliphatic carbocycles. The number of carbonyl (C=O) groups excluding carboxylic acids is 1. The molecule has 0 aliphatic heterocycles. The zero-order chi connectivity index (χ0) is 18.0. The van der Waals surface area contributed by atoms with Crippen LogP contribution in [0.2, 0.25) is 0 Å². The molecule has 2 aromatic carbocycles. The molecule has 3 aromatic rings. The van der Waals surface area contributed by atoms with Gasteiger partial charge >= 0.3 is 0 Å². The summed E-state index contributed by atoms with van der Waals surface area (Å²) in [5.41, 5.74) is 9.54. The van der Waals surface area contributed by atoms with Gasteiger partial charge in [-0.15, -0.1) is 10.2 Å². The highest BCUT2D eigenvalue weighted by molar-refractivity contribution is 5.95. The van der Waals surface area contributed by atoms with E-state index in [1.807, 2.05) is 57.2 Å². The van der Waals surface area contributed by atoms with Crippen LogP contribution in [-0.2, 0) is 0 Å². The number of amides is 1. The molecule has 0 spiro atoms. The number of nitrogens with two attached hydrogens (primary N) is 1. The average Bonchev–Trinajstić information content (AvgIpc) is 3.07. The summed E-state index contributed by atoms with van der Waals surface area (Å²) in [6, 6.07) is 13.1. The van der Waals surface area contributed by atoms with Crippen LogP contribution >= 0.6 is 0 Å². The van der Waals surface area contributed by atoms with E-state index in [1.54, 1.807) is 6.07 Å². The molecule has 0 saturated heterocycles. The Morgan fingerprint density at radius 3 is 2.52 bits per heavy atom. The van der Waals surface area contributed by atoms with Gasteiger partial charge in [0, 0.05) is 16.8 Å². The first-order valence-electron chi connectivity index (χ1n) is 8.01. The number of rotatable bonds is 5. The van der Waals surface area contributed by atoms with Crippen molar-refractivity contribution in [1.29, 1.82) is 0 Å². The van der Waals surface area contributed by atoms with E-state index in [0.717, 1.165) is 16.8 Å². The van der Waals surface area contributed by atoms with Crippen molar-refractivity contribution in [3.05, 3.63) is 65.0 Å². The number of aryl methyl sites for hydroxylation is 2. The minimum absolute atomic E-state index is 0.213. The smallest absolute Gasteiger partial charge is 0.249 e. The molecule has 1 aromatic heterocycles. The zero-order valence-corrected chi connectivity index (χ0v) is 14.4. The van der Waals surface area contributed by atoms with Crippen molar-refractivity contribution in [2.75, 3.05) is 5.32 Å². The van der Waals surface area contributed by atoms with Crippen molar-refractivity contribution in [1.82, 2.24) is 10.2 Å². The highest BCUT2D eigenvalue weighted by Crippen LogP contribution is 2.24.